The van der Waals surface area contributed by atoms with Gasteiger partial charge in [0, 0.05) is 30.2 Å². The van der Waals surface area contributed by atoms with E-state index in [2.05, 4.69) is 16.0 Å². The Bertz CT molecular complexity index is 934. The summed E-state index contributed by atoms with van der Waals surface area (Å²) in [4.78, 5) is 24.9. The summed E-state index contributed by atoms with van der Waals surface area (Å²) in [5, 5.41) is 9.00. The number of fused-ring (bicyclic) bond motifs is 1. The van der Waals surface area contributed by atoms with E-state index in [1.165, 1.54) is 12.1 Å². The van der Waals surface area contributed by atoms with E-state index in [1.54, 1.807) is 36.0 Å². The van der Waals surface area contributed by atoms with Gasteiger partial charge in [-0.15, -0.1) is 0 Å². The largest absolute Gasteiger partial charge is 0.376 e. The summed E-state index contributed by atoms with van der Waals surface area (Å²) in [6.45, 7) is 1.24. The van der Waals surface area contributed by atoms with Gasteiger partial charge in [-0.1, -0.05) is 12.1 Å². The number of carbonyl (C=O) groups excluding carboxylic acids is 2. The maximum Gasteiger partial charge on any atom is 0.251 e. The summed E-state index contributed by atoms with van der Waals surface area (Å²) in [6.07, 6.45) is 2.07. The van der Waals surface area contributed by atoms with Gasteiger partial charge in [-0.25, -0.2) is 4.39 Å². The highest BCUT2D eigenvalue weighted by molar-refractivity contribution is 7.98. The van der Waals surface area contributed by atoms with Crippen molar-refractivity contribution < 1.29 is 18.7 Å². The third kappa shape index (κ3) is 5.12. The number of nitrogens with one attached hydrogen (secondary N) is 3. The van der Waals surface area contributed by atoms with Crippen LogP contribution in [-0.4, -0.2) is 42.9 Å². The number of halogens is 1. The molecule has 2 amide bonds. The summed E-state index contributed by atoms with van der Waals surface area (Å²) in [5.41, 5.74) is 2.75. The molecule has 6 nitrogen and oxygen atoms in total. The Labute approximate surface area is 179 Å². The van der Waals surface area contributed by atoms with E-state index >= 15 is 0 Å². The lowest BCUT2D eigenvalue weighted by Gasteiger charge is -2.27. The summed E-state index contributed by atoms with van der Waals surface area (Å²) in [7, 11) is 0. The van der Waals surface area contributed by atoms with Crippen LogP contribution >= 0.6 is 11.8 Å². The Morgan fingerprint density at radius 2 is 2.13 bits per heavy atom. The van der Waals surface area contributed by atoms with Crippen molar-refractivity contribution in [3.05, 3.63) is 59.4 Å². The molecule has 2 aromatic carbocycles. The minimum atomic E-state index is -0.393. The van der Waals surface area contributed by atoms with Crippen molar-refractivity contribution in [1.29, 1.82) is 0 Å². The van der Waals surface area contributed by atoms with E-state index in [9.17, 15) is 14.0 Å². The van der Waals surface area contributed by atoms with Crippen LogP contribution in [0.1, 0.15) is 28.8 Å². The van der Waals surface area contributed by atoms with Crippen LogP contribution in [0.5, 0.6) is 0 Å². The first-order valence-corrected chi connectivity index (χ1v) is 11.2. The average Bonchev–Trinajstić information content (AvgIpc) is 3.26. The zero-order valence-electron chi connectivity index (χ0n) is 16.4. The van der Waals surface area contributed by atoms with Gasteiger partial charge in [0.25, 0.3) is 5.91 Å². The minimum Gasteiger partial charge on any atom is -0.376 e. The highest BCUT2D eigenvalue weighted by Crippen LogP contribution is 2.29. The first kappa shape index (κ1) is 20.7. The quantitative estimate of drug-likeness (QED) is 0.629. The third-order valence-corrected chi connectivity index (χ3v) is 6.25. The van der Waals surface area contributed by atoms with Crippen molar-refractivity contribution in [3.63, 3.8) is 0 Å². The second-order valence-corrected chi connectivity index (χ2v) is 8.47. The fourth-order valence-corrected chi connectivity index (χ4v) is 4.54. The monoisotopic (exact) mass is 429 g/mol. The summed E-state index contributed by atoms with van der Waals surface area (Å²) in [5.74, 6) is 0.582. The SMILES string of the molecule is O=C(NCC1CCCO1)c1ccc2c(c1)NC(=O)C(CSCc1cccc(F)c1)N2. The first-order chi connectivity index (χ1) is 14.6. The number of carbonyl (C=O) groups is 2. The molecule has 4 rings (SSSR count). The van der Waals surface area contributed by atoms with Gasteiger partial charge in [0.2, 0.25) is 5.91 Å². The van der Waals surface area contributed by atoms with E-state index in [-0.39, 0.29) is 23.7 Å². The van der Waals surface area contributed by atoms with E-state index in [1.807, 2.05) is 6.07 Å². The molecular weight excluding hydrogens is 405 g/mol. The zero-order chi connectivity index (χ0) is 20.9. The molecule has 2 aliphatic rings. The van der Waals surface area contributed by atoms with Gasteiger partial charge in [0.1, 0.15) is 11.9 Å². The molecule has 2 atom stereocenters. The molecule has 2 aromatic rings. The highest BCUT2D eigenvalue weighted by atomic mass is 32.2. The molecule has 0 bridgehead atoms. The minimum absolute atomic E-state index is 0.0820. The number of hydrogen-bond acceptors (Lipinski definition) is 5. The number of amides is 2. The predicted molar refractivity (Wildman–Crippen MR) is 116 cm³/mol. The van der Waals surface area contributed by atoms with Crippen LogP contribution in [0.15, 0.2) is 42.5 Å². The molecule has 0 aromatic heterocycles. The van der Waals surface area contributed by atoms with Crippen molar-refractivity contribution in [2.75, 3.05) is 29.5 Å². The van der Waals surface area contributed by atoms with Gasteiger partial charge in [-0.2, -0.15) is 11.8 Å². The third-order valence-electron chi connectivity index (χ3n) is 5.14. The first-order valence-electron chi connectivity index (χ1n) is 10.0. The van der Waals surface area contributed by atoms with Gasteiger partial charge in [0.15, 0.2) is 0 Å². The van der Waals surface area contributed by atoms with Crippen LogP contribution in [0.25, 0.3) is 0 Å². The molecule has 30 heavy (non-hydrogen) atoms. The molecule has 158 valence electrons. The second-order valence-electron chi connectivity index (χ2n) is 7.44. The maximum atomic E-state index is 13.3. The van der Waals surface area contributed by atoms with Gasteiger partial charge in [-0.05, 0) is 48.7 Å². The Hall–Kier alpha value is -2.58. The van der Waals surface area contributed by atoms with Crippen molar-refractivity contribution in [2.24, 2.45) is 0 Å². The van der Waals surface area contributed by atoms with Gasteiger partial charge < -0.3 is 20.7 Å². The molecule has 2 unspecified atom stereocenters. The smallest absolute Gasteiger partial charge is 0.251 e. The van der Waals surface area contributed by atoms with Crippen LogP contribution in [0, 0.1) is 5.82 Å². The van der Waals surface area contributed by atoms with E-state index in [0.29, 0.717) is 29.3 Å². The van der Waals surface area contributed by atoms with Crippen LogP contribution < -0.4 is 16.0 Å². The van der Waals surface area contributed by atoms with Crippen molar-refractivity contribution >= 4 is 35.0 Å². The number of hydrogen-bond donors (Lipinski definition) is 3. The number of benzene rings is 2. The molecule has 0 saturated carbocycles. The lowest BCUT2D eigenvalue weighted by Crippen LogP contribution is -2.40. The summed E-state index contributed by atoms with van der Waals surface area (Å²) in [6, 6.07) is 11.3. The standard InChI is InChI=1S/C22H24FN3O3S/c23-16-4-1-3-14(9-16)12-30-13-20-22(28)26-19-10-15(6-7-18(19)25-20)21(27)24-11-17-5-2-8-29-17/h1,3-4,6-7,9-10,17,20,25H,2,5,8,11-13H2,(H,24,27)(H,26,28). The fourth-order valence-electron chi connectivity index (χ4n) is 3.54. The number of rotatable bonds is 7. The lowest BCUT2D eigenvalue weighted by molar-refractivity contribution is -0.116. The number of thioether (sulfide) groups is 1. The Kier molecular flexibility index (Phi) is 6.54. The van der Waals surface area contributed by atoms with Gasteiger partial charge in [-0.3, -0.25) is 9.59 Å². The predicted octanol–water partition coefficient (Wildman–Crippen LogP) is 3.40. The van der Waals surface area contributed by atoms with E-state index < -0.39 is 6.04 Å². The second kappa shape index (κ2) is 9.49. The fraction of sp³-hybridized carbons (Fsp3) is 0.364. The lowest BCUT2D eigenvalue weighted by atomic mass is 10.1. The number of ether oxygens (including phenoxy) is 1. The Morgan fingerprint density at radius 3 is 2.93 bits per heavy atom. The van der Waals surface area contributed by atoms with Crippen molar-refractivity contribution in [2.45, 2.75) is 30.7 Å². The molecule has 0 radical (unpaired) electrons. The maximum absolute atomic E-state index is 13.3. The molecule has 0 spiro atoms. The summed E-state index contributed by atoms with van der Waals surface area (Å²) < 4.78 is 18.8. The van der Waals surface area contributed by atoms with Gasteiger partial charge in [0.05, 0.1) is 17.5 Å². The van der Waals surface area contributed by atoms with Crippen LogP contribution in [0.2, 0.25) is 0 Å². The zero-order valence-corrected chi connectivity index (χ0v) is 17.3. The molecule has 3 N–H and O–H groups in total. The van der Waals surface area contributed by atoms with Crippen LogP contribution in [-0.2, 0) is 15.3 Å². The van der Waals surface area contributed by atoms with Crippen molar-refractivity contribution in [1.82, 2.24) is 5.32 Å². The normalized spacial score (nSPS) is 20.2. The molecule has 2 heterocycles. The highest BCUT2D eigenvalue weighted by Gasteiger charge is 2.26. The molecular formula is C22H24FN3O3S. The number of anilines is 2. The van der Waals surface area contributed by atoms with E-state index in [0.717, 1.165) is 30.7 Å². The topological polar surface area (TPSA) is 79.5 Å². The molecule has 1 saturated heterocycles. The van der Waals surface area contributed by atoms with Crippen LogP contribution in [0.3, 0.4) is 0 Å². The molecule has 8 heteroatoms. The van der Waals surface area contributed by atoms with Gasteiger partial charge >= 0.3 is 0 Å². The molecule has 1 fully saturated rings. The Balaban J connectivity index is 1.31. The average molecular weight is 430 g/mol. The van der Waals surface area contributed by atoms with E-state index in [4.69, 9.17) is 4.74 Å². The molecule has 2 aliphatic heterocycles. The summed E-state index contributed by atoms with van der Waals surface area (Å²) >= 11 is 1.56. The van der Waals surface area contributed by atoms with Crippen LogP contribution in [0.4, 0.5) is 15.8 Å². The van der Waals surface area contributed by atoms with Crippen molar-refractivity contribution in [3.8, 4) is 0 Å². The molecule has 0 aliphatic carbocycles. The Morgan fingerprint density at radius 1 is 1.23 bits per heavy atom.